The van der Waals surface area contributed by atoms with E-state index >= 15 is 0 Å². The van der Waals surface area contributed by atoms with E-state index in [4.69, 9.17) is 4.74 Å². The lowest BCUT2D eigenvalue weighted by atomic mass is 10.1. The molecule has 1 atom stereocenters. The van der Waals surface area contributed by atoms with Gasteiger partial charge in [-0.3, -0.25) is 4.79 Å². The van der Waals surface area contributed by atoms with Crippen LogP contribution in [-0.4, -0.2) is 30.5 Å². The highest BCUT2D eigenvalue weighted by molar-refractivity contribution is 5.94. The first-order valence-electron chi connectivity index (χ1n) is 6.30. The van der Waals surface area contributed by atoms with Gasteiger partial charge in [-0.1, -0.05) is 13.5 Å². The standard InChI is InChI=1S/C15H20FNO2/c1-5-10-17(11(2)12(3)19-4)15(18)13-6-8-14(16)9-7-13/h6-9,11H,3,5,10H2,1-2,4H3/t11-/m1/s1. The van der Waals surface area contributed by atoms with Gasteiger partial charge in [-0.2, -0.15) is 0 Å². The normalized spacial score (nSPS) is 11.8. The van der Waals surface area contributed by atoms with Crippen LogP contribution in [-0.2, 0) is 4.74 Å². The number of hydrogen-bond donors (Lipinski definition) is 0. The number of carbonyl (C=O) groups is 1. The zero-order valence-corrected chi connectivity index (χ0v) is 11.6. The van der Waals surface area contributed by atoms with Crippen LogP contribution in [0.25, 0.3) is 0 Å². The molecule has 0 unspecified atom stereocenters. The molecule has 0 aliphatic heterocycles. The molecule has 0 aliphatic carbocycles. The molecule has 4 heteroatoms. The summed E-state index contributed by atoms with van der Waals surface area (Å²) in [5.41, 5.74) is 0.464. The van der Waals surface area contributed by atoms with Crippen LogP contribution < -0.4 is 0 Å². The quantitative estimate of drug-likeness (QED) is 0.739. The molecule has 19 heavy (non-hydrogen) atoms. The molecule has 0 heterocycles. The van der Waals surface area contributed by atoms with Gasteiger partial charge in [-0.25, -0.2) is 4.39 Å². The molecule has 3 nitrogen and oxygen atoms in total. The van der Waals surface area contributed by atoms with Gasteiger partial charge in [0, 0.05) is 12.1 Å². The van der Waals surface area contributed by atoms with Crippen LogP contribution in [0.4, 0.5) is 4.39 Å². The van der Waals surface area contributed by atoms with Gasteiger partial charge in [-0.15, -0.1) is 0 Å². The van der Waals surface area contributed by atoms with E-state index in [9.17, 15) is 9.18 Å². The van der Waals surface area contributed by atoms with Crippen LogP contribution in [0.3, 0.4) is 0 Å². The lowest BCUT2D eigenvalue weighted by Crippen LogP contribution is -2.40. The monoisotopic (exact) mass is 265 g/mol. The van der Waals surface area contributed by atoms with Crippen molar-refractivity contribution in [3.8, 4) is 0 Å². The molecular formula is C15H20FNO2. The molecule has 0 saturated heterocycles. The number of halogens is 1. The minimum Gasteiger partial charge on any atom is -0.500 e. The first kappa shape index (κ1) is 15.2. The van der Waals surface area contributed by atoms with E-state index in [-0.39, 0.29) is 17.8 Å². The maximum Gasteiger partial charge on any atom is 0.254 e. The fraction of sp³-hybridized carbons (Fsp3) is 0.400. The highest BCUT2D eigenvalue weighted by Crippen LogP contribution is 2.15. The van der Waals surface area contributed by atoms with Crippen molar-refractivity contribution in [2.75, 3.05) is 13.7 Å². The largest absolute Gasteiger partial charge is 0.500 e. The summed E-state index contributed by atoms with van der Waals surface area (Å²) in [4.78, 5) is 14.1. The summed E-state index contributed by atoms with van der Waals surface area (Å²) < 4.78 is 18.0. The summed E-state index contributed by atoms with van der Waals surface area (Å²) >= 11 is 0. The zero-order chi connectivity index (χ0) is 14.4. The Morgan fingerprint density at radius 2 is 2.00 bits per heavy atom. The van der Waals surface area contributed by atoms with E-state index in [1.54, 1.807) is 4.90 Å². The number of methoxy groups -OCH3 is 1. The van der Waals surface area contributed by atoms with E-state index in [2.05, 4.69) is 6.58 Å². The molecule has 0 saturated carbocycles. The van der Waals surface area contributed by atoms with Crippen molar-refractivity contribution in [3.05, 3.63) is 48.0 Å². The lowest BCUT2D eigenvalue weighted by Gasteiger charge is -2.29. The first-order valence-corrected chi connectivity index (χ1v) is 6.30. The van der Waals surface area contributed by atoms with Crippen molar-refractivity contribution in [1.82, 2.24) is 4.90 Å². The number of amides is 1. The Kier molecular flexibility index (Phi) is 5.55. The molecule has 104 valence electrons. The molecule has 0 bridgehead atoms. The average molecular weight is 265 g/mol. The SMILES string of the molecule is C=C(OC)[C@@H](C)N(CCC)C(=O)c1ccc(F)cc1. The van der Waals surface area contributed by atoms with Crippen molar-refractivity contribution >= 4 is 5.91 Å². The van der Waals surface area contributed by atoms with Crippen LogP contribution in [0.2, 0.25) is 0 Å². The predicted octanol–water partition coefficient (Wildman–Crippen LogP) is 3.23. The number of nitrogens with zero attached hydrogens (tertiary/aromatic N) is 1. The van der Waals surface area contributed by atoms with E-state index in [1.165, 1.54) is 31.4 Å². The van der Waals surface area contributed by atoms with E-state index < -0.39 is 0 Å². The lowest BCUT2D eigenvalue weighted by molar-refractivity contribution is 0.0668. The minimum absolute atomic E-state index is 0.146. The second-order valence-electron chi connectivity index (χ2n) is 4.35. The molecule has 1 aromatic rings. The highest BCUT2D eigenvalue weighted by atomic mass is 19.1. The van der Waals surface area contributed by atoms with Crippen LogP contribution in [0, 0.1) is 5.82 Å². The van der Waals surface area contributed by atoms with Gasteiger partial charge >= 0.3 is 0 Å². The minimum atomic E-state index is -0.354. The molecule has 0 spiro atoms. The van der Waals surface area contributed by atoms with Gasteiger partial charge < -0.3 is 9.64 Å². The Labute approximate surface area is 113 Å². The zero-order valence-electron chi connectivity index (χ0n) is 11.6. The first-order chi connectivity index (χ1) is 9.01. The third-order valence-electron chi connectivity index (χ3n) is 3.01. The van der Waals surface area contributed by atoms with Crippen LogP contribution in [0.5, 0.6) is 0 Å². The fourth-order valence-electron chi connectivity index (χ4n) is 1.81. The topological polar surface area (TPSA) is 29.5 Å². The molecule has 0 aromatic heterocycles. The number of benzene rings is 1. The van der Waals surface area contributed by atoms with Gasteiger partial charge in [0.05, 0.1) is 13.2 Å². The van der Waals surface area contributed by atoms with E-state index in [1.807, 2.05) is 13.8 Å². The summed E-state index contributed by atoms with van der Waals surface area (Å²) in [5.74, 6) is 0.0319. The Bertz CT molecular complexity index is 442. The third-order valence-corrected chi connectivity index (χ3v) is 3.01. The summed E-state index contributed by atoms with van der Waals surface area (Å²) in [6.07, 6.45) is 0.828. The summed E-state index contributed by atoms with van der Waals surface area (Å²) in [5, 5.41) is 0. The smallest absolute Gasteiger partial charge is 0.254 e. The van der Waals surface area contributed by atoms with Gasteiger partial charge in [0.15, 0.2) is 0 Å². The number of ether oxygens (including phenoxy) is 1. The third kappa shape index (κ3) is 3.81. The molecule has 1 rings (SSSR count). The van der Waals surface area contributed by atoms with Gasteiger partial charge in [0.25, 0.3) is 5.91 Å². The van der Waals surface area contributed by atoms with Crippen LogP contribution >= 0.6 is 0 Å². The van der Waals surface area contributed by atoms with E-state index in [0.29, 0.717) is 17.9 Å². The molecule has 0 fully saturated rings. The molecule has 1 aromatic carbocycles. The van der Waals surface area contributed by atoms with Crippen molar-refractivity contribution in [1.29, 1.82) is 0 Å². The fourth-order valence-corrected chi connectivity index (χ4v) is 1.81. The Morgan fingerprint density at radius 1 is 1.42 bits per heavy atom. The van der Waals surface area contributed by atoms with Crippen molar-refractivity contribution in [2.45, 2.75) is 26.3 Å². The Hall–Kier alpha value is -1.84. The second-order valence-corrected chi connectivity index (χ2v) is 4.35. The molecule has 0 radical (unpaired) electrons. The number of rotatable bonds is 6. The summed E-state index contributed by atoms with van der Waals surface area (Å²) in [7, 11) is 1.53. The highest BCUT2D eigenvalue weighted by Gasteiger charge is 2.23. The van der Waals surface area contributed by atoms with Crippen molar-refractivity contribution in [3.63, 3.8) is 0 Å². The Morgan fingerprint density at radius 3 is 2.47 bits per heavy atom. The van der Waals surface area contributed by atoms with Crippen LogP contribution in [0.1, 0.15) is 30.6 Å². The van der Waals surface area contributed by atoms with Crippen LogP contribution in [0.15, 0.2) is 36.6 Å². The number of carbonyl (C=O) groups excluding carboxylic acids is 1. The van der Waals surface area contributed by atoms with Gasteiger partial charge in [0.1, 0.15) is 11.6 Å². The number of hydrogen-bond acceptors (Lipinski definition) is 2. The average Bonchev–Trinajstić information content (AvgIpc) is 2.43. The van der Waals surface area contributed by atoms with Gasteiger partial charge in [0.2, 0.25) is 0 Å². The van der Waals surface area contributed by atoms with E-state index in [0.717, 1.165) is 6.42 Å². The summed E-state index contributed by atoms with van der Waals surface area (Å²) in [6.45, 7) is 8.24. The summed E-state index contributed by atoms with van der Waals surface area (Å²) in [6, 6.07) is 5.33. The van der Waals surface area contributed by atoms with Crippen molar-refractivity contribution in [2.24, 2.45) is 0 Å². The Balaban J connectivity index is 2.95. The molecular weight excluding hydrogens is 245 g/mol. The second kappa shape index (κ2) is 6.92. The maximum absolute atomic E-state index is 12.9. The van der Waals surface area contributed by atoms with Gasteiger partial charge in [-0.05, 0) is 37.6 Å². The molecule has 0 aliphatic rings. The molecule has 1 amide bonds. The molecule has 0 N–H and O–H groups in total. The predicted molar refractivity (Wildman–Crippen MR) is 73.3 cm³/mol. The maximum atomic E-state index is 12.9. The van der Waals surface area contributed by atoms with Crippen molar-refractivity contribution < 1.29 is 13.9 Å².